The van der Waals surface area contributed by atoms with E-state index in [-0.39, 0.29) is 5.92 Å². The van der Waals surface area contributed by atoms with Gasteiger partial charge in [0, 0.05) is 43.9 Å². The van der Waals surface area contributed by atoms with Crippen molar-refractivity contribution in [1.29, 1.82) is 0 Å². The van der Waals surface area contributed by atoms with Crippen molar-refractivity contribution < 1.29 is 9.32 Å². The highest BCUT2D eigenvalue weighted by molar-refractivity contribution is 6.29. The predicted molar refractivity (Wildman–Crippen MR) is 84.1 cm³/mol. The number of carbonyl (C=O) groups excluding carboxylic acids is 1. The minimum Gasteiger partial charge on any atom is -0.339 e. The summed E-state index contributed by atoms with van der Waals surface area (Å²) >= 11 is 5.88. The van der Waals surface area contributed by atoms with E-state index in [1.54, 1.807) is 18.3 Å². The first-order chi connectivity index (χ1) is 11.2. The van der Waals surface area contributed by atoms with E-state index < -0.39 is 0 Å². The van der Waals surface area contributed by atoms with Gasteiger partial charge in [0.05, 0.1) is 0 Å². The predicted octanol–water partition coefficient (Wildman–Crippen LogP) is 1.84. The molecule has 2 aromatic heterocycles. The van der Waals surface area contributed by atoms with Gasteiger partial charge in [-0.15, -0.1) is 0 Å². The fourth-order valence-corrected chi connectivity index (χ4v) is 2.89. The molecule has 0 radical (unpaired) electrons. The van der Waals surface area contributed by atoms with Crippen LogP contribution in [0.4, 0.5) is 5.95 Å². The minimum atomic E-state index is 0.273. The molecule has 8 heteroatoms. The van der Waals surface area contributed by atoms with Crippen LogP contribution in [0.15, 0.2) is 22.9 Å². The number of halogens is 1. The highest BCUT2D eigenvalue weighted by atomic mass is 35.5. The van der Waals surface area contributed by atoms with Gasteiger partial charge in [0.1, 0.15) is 5.15 Å². The Morgan fingerprint density at radius 2 is 2.04 bits per heavy atom. The Hall–Kier alpha value is -2.15. The molecule has 2 fully saturated rings. The van der Waals surface area contributed by atoms with E-state index in [0.29, 0.717) is 49.1 Å². The molecule has 1 saturated heterocycles. The number of carbonyl (C=O) groups is 1. The second-order valence-corrected chi connectivity index (χ2v) is 6.24. The fraction of sp³-hybridized carbons (Fsp3) is 0.467. The molecule has 0 spiro atoms. The van der Waals surface area contributed by atoms with Crippen molar-refractivity contribution >= 4 is 23.5 Å². The molecule has 120 valence electrons. The van der Waals surface area contributed by atoms with Crippen LogP contribution in [-0.4, -0.2) is 52.1 Å². The summed E-state index contributed by atoms with van der Waals surface area (Å²) in [4.78, 5) is 24.4. The summed E-state index contributed by atoms with van der Waals surface area (Å²) in [5.74, 6) is 1.53. The van der Waals surface area contributed by atoms with Gasteiger partial charge in [-0.05, 0) is 30.1 Å². The number of hydrogen-bond acceptors (Lipinski definition) is 6. The molecule has 0 bridgehead atoms. The van der Waals surface area contributed by atoms with E-state index in [1.165, 1.54) is 0 Å². The lowest BCUT2D eigenvalue weighted by Gasteiger charge is -2.34. The molecular weight excluding hydrogens is 318 g/mol. The van der Waals surface area contributed by atoms with Crippen LogP contribution in [0.2, 0.25) is 5.15 Å². The summed E-state index contributed by atoms with van der Waals surface area (Å²) < 4.78 is 5.31. The van der Waals surface area contributed by atoms with Crippen molar-refractivity contribution in [3.05, 3.63) is 23.5 Å². The van der Waals surface area contributed by atoms with Crippen molar-refractivity contribution in [2.45, 2.75) is 12.8 Å². The van der Waals surface area contributed by atoms with Gasteiger partial charge < -0.3 is 14.3 Å². The Morgan fingerprint density at radius 1 is 1.26 bits per heavy atom. The summed E-state index contributed by atoms with van der Waals surface area (Å²) in [5, 5.41) is 4.42. The van der Waals surface area contributed by atoms with E-state index in [4.69, 9.17) is 16.1 Å². The zero-order valence-corrected chi connectivity index (χ0v) is 13.2. The molecule has 4 rings (SSSR count). The van der Waals surface area contributed by atoms with Crippen LogP contribution in [0.25, 0.3) is 11.5 Å². The maximum atomic E-state index is 12.1. The number of nitrogens with zero attached hydrogens (tertiary/aromatic N) is 5. The van der Waals surface area contributed by atoms with Gasteiger partial charge in [-0.2, -0.15) is 4.98 Å². The van der Waals surface area contributed by atoms with E-state index in [0.717, 1.165) is 18.4 Å². The first kappa shape index (κ1) is 14.4. The third kappa shape index (κ3) is 3.01. The standard InChI is InChI=1S/C15H16ClN5O2/c16-12-9-11(3-4-17-12)13-18-15(19-23-13)21-7-5-20(6-8-21)14(22)10-1-2-10/h3-4,9-10H,1-2,5-8H2. The van der Waals surface area contributed by atoms with Crippen LogP contribution in [0.5, 0.6) is 0 Å². The van der Waals surface area contributed by atoms with E-state index in [2.05, 4.69) is 15.1 Å². The number of piperazine rings is 1. The van der Waals surface area contributed by atoms with Gasteiger partial charge in [0.25, 0.3) is 11.8 Å². The quantitative estimate of drug-likeness (QED) is 0.798. The lowest BCUT2D eigenvalue weighted by atomic mass is 10.2. The van der Waals surface area contributed by atoms with Crippen LogP contribution in [0.1, 0.15) is 12.8 Å². The highest BCUT2D eigenvalue weighted by Gasteiger charge is 2.35. The Labute approximate surface area is 138 Å². The molecule has 3 heterocycles. The first-order valence-electron chi connectivity index (χ1n) is 7.70. The monoisotopic (exact) mass is 333 g/mol. The number of amides is 1. The van der Waals surface area contributed by atoms with Crippen molar-refractivity contribution in [3.8, 4) is 11.5 Å². The highest BCUT2D eigenvalue weighted by Crippen LogP contribution is 2.31. The average molecular weight is 334 g/mol. The minimum absolute atomic E-state index is 0.273. The topological polar surface area (TPSA) is 75.4 Å². The number of pyridine rings is 1. The SMILES string of the molecule is O=C(C1CC1)N1CCN(c2noc(-c3ccnc(Cl)c3)n2)CC1. The van der Waals surface area contributed by atoms with E-state index in [9.17, 15) is 4.79 Å². The zero-order valence-electron chi connectivity index (χ0n) is 12.5. The number of anilines is 1. The van der Waals surface area contributed by atoms with Gasteiger partial charge in [0.15, 0.2) is 0 Å². The molecule has 1 saturated carbocycles. The zero-order chi connectivity index (χ0) is 15.8. The van der Waals surface area contributed by atoms with Gasteiger partial charge in [-0.1, -0.05) is 11.6 Å². The van der Waals surface area contributed by atoms with E-state index in [1.807, 2.05) is 9.80 Å². The van der Waals surface area contributed by atoms with Crippen LogP contribution < -0.4 is 4.90 Å². The average Bonchev–Trinajstić information content (AvgIpc) is 3.31. The molecule has 23 heavy (non-hydrogen) atoms. The largest absolute Gasteiger partial charge is 0.339 e. The summed E-state index contributed by atoms with van der Waals surface area (Å²) in [6.07, 6.45) is 3.69. The normalized spacial score (nSPS) is 18.3. The van der Waals surface area contributed by atoms with E-state index >= 15 is 0 Å². The van der Waals surface area contributed by atoms with Crippen molar-refractivity contribution in [2.75, 3.05) is 31.1 Å². The van der Waals surface area contributed by atoms with Crippen molar-refractivity contribution in [1.82, 2.24) is 20.0 Å². The molecule has 0 N–H and O–H groups in total. The van der Waals surface area contributed by atoms with Crippen LogP contribution in [0.3, 0.4) is 0 Å². The summed E-state index contributed by atoms with van der Waals surface area (Å²) in [5.41, 5.74) is 0.742. The molecule has 1 amide bonds. The van der Waals surface area contributed by atoms with Crippen LogP contribution >= 0.6 is 11.6 Å². The van der Waals surface area contributed by atoms with Crippen molar-refractivity contribution in [2.24, 2.45) is 5.92 Å². The smallest absolute Gasteiger partial charge is 0.266 e. The summed E-state index contributed by atoms with van der Waals surface area (Å²) in [7, 11) is 0. The van der Waals surface area contributed by atoms with Gasteiger partial charge in [0.2, 0.25) is 5.91 Å². The molecule has 1 aliphatic heterocycles. The molecule has 0 unspecified atom stereocenters. The Morgan fingerprint density at radius 3 is 2.74 bits per heavy atom. The molecule has 2 aliphatic rings. The third-order valence-corrected chi connectivity index (χ3v) is 4.40. The molecule has 2 aromatic rings. The molecule has 1 aliphatic carbocycles. The first-order valence-corrected chi connectivity index (χ1v) is 8.08. The second-order valence-electron chi connectivity index (χ2n) is 5.85. The maximum Gasteiger partial charge on any atom is 0.266 e. The Bertz CT molecular complexity index is 722. The maximum absolute atomic E-state index is 12.1. The summed E-state index contributed by atoms with van der Waals surface area (Å²) in [6.45, 7) is 2.85. The second kappa shape index (κ2) is 5.81. The Kier molecular flexibility index (Phi) is 3.65. The number of aromatic nitrogens is 3. The Balaban J connectivity index is 1.42. The fourth-order valence-electron chi connectivity index (χ4n) is 2.71. The lowest BCUT2D eigenvalue weighted by molar-refractivity contribution is -0.132. The van der Waals surface area contributed by atoms with Gasteiger partial charge in [-0.25, -0.2) is 4.98 Å². The van der Waals surface area contributed by atoms with Crippen LogP contribution in [-0.2, 0) is 4.79 Å². The molecular formula is C15H16ClN5O2. The summed E-state index contributed by atoms with van der Waals surface area (Å²) in [6, 6.07) is 3.46. The lowest BCUT2D eigenvalue weighted by Crippen LogP contribution is -2.49. The van der Waals surface area contributed by atoms with Gasteiger partial charge in [-0.3, -0.25) is 4.79 Å². The molecule has 7 nitrogen and oxygen atoms in total. The van der Waals surface area contributed by atoms with Gasteiger partial charge >= 0.3 is 0 Å². The third-order valence-electron chi connectivity index (χ3n) is 4.19. The molecule has 0 aromatic carbocycles. The number of rotatable bonds is 3. The van der Waals surface area contributed by atoms with Crippen LogP contribution in [0, 0.1) is 5.92 Å². The number of hydrogen-bond donors (Lipinski definition) is 0. The van der Waals surface area contributed by atoms with Crippen molar-refractivity contribution in [3.63, 3.8) is 0 Å². The molecule has 0 atom stereocenters.